The van der Waals surface area contributed by atoms with Gasteiger partial charge < -0.3 is 4.74 Å². The van der Waals surface area contributed by atoms with Crippen LogP contribution in [-0.4, -0.2) is 49.3 Å². The summed E-state index contributed by atoms with van der Waals surface area (Å²) < 4.78 is 35.1. The van der Waals surface area contributed by atoms with Crippen molar-refractivity contribution in [2.24, 2.45) is 5.92 Å². The lowest BCUT2D eigenvalue weighted by Gasteiger charge is -2.40. The molecule has 1 aliphatic rings. The SMILES string of the molecule is CCN(CC)S(=O)(=O)N1C[C@@H](c2ccccc2)O[C@@H](C(C)C)C1. The smallest absolute Gasteiger partial charge is 0.282 e. The Morgan fingerprint density at radius 3 is 2.30 bits per heavy atom. The summed E-state index contributed by atoms with van der Waals surface area (Å²) in [6, 6.07) is 9.86. The predicted molar refractivity (Wildman–Crippen MR) is 92.3 cm³/mol. The fraction of sp³-hybridized carbons (Fsp3) is 0.647. The molecule has 1 aliphatic heterocycles. The van der Waals surface area contributed by atoms with E-state index in [1.54, 1.807) is 4.31 Å². The molecule has 0 saturated carbocycles. The van der Waals surface area contributed by atoms with E-state index in [1.165, 1.54) is 4.31 Å². The molecule has 5 nitrogen and oxygen atoms in total. The third kappa shape index (κ3) is 4.12. The Morgan fingerprint density at radius 1 is 1.17 bits per heavy atom. The maximum atomic E-state index is 12.9. The van der Waals surface area contributed by atoms with Gasteiger partial charge in [0.1, 0.15) is 0 Å². The number of morpholine rings is 1. The lowest BCUT2D eigenvalue weighted by Crippen LogP contribution is -2.53. The van der Waals surface area contributed by atoms with E-state index in [9.17, 15) is 8.42 Å². The summed E-state index contributed by atoms with van der Waals surface area (Å²) in [6.07, 6.45) is -0.318. The quantitative estimate of drug-likeness (QED) is 0.800. The highest BCUT2D eigenvalue weighted by atomic mass is 32.2. The van der Waals surface area contributed by atoms with Crippen LogP contribution in [0.3, 0.4) is 0 Å². The Balaban J connectivity index is 2.29. The van der Waals surface area contributed by atoms with Crippen molar-refractivity contribution >= 4 is 10.2 Å². The molecule has 1 saturated heterocycles. The monoisotopic (exact) mass is 340 g/mol. The van der Waals surface area contributed by atoms with Gasteiger partial charge in [-0.1, -0.05) is 58.0 Å². The lowest BCUT2D eigenvalue weighted by atomic mass is 10.0. The second-order valence-corrected chi connectivity index (χ2v) is 8.16. The molecule has 1 aromatic carbocycles. The zero-order valence-electron chi connectivity index (χ0n) is 14.5. The molecule has 0 amide bonds. The van der Waals surface area contributed by atoms with Gasteiger partial charge in [0, 0.05) is 26.2 Å². The summed E-state index contributed by atoms with van der Waals surface area (Å²) in [4.78, 5) is 0. The summed E-state index contributed by atoms with van der Waals surface area (Å²) in [5.74, 6) is 0.260. The first-order valence-electron chi connectivity index (χ1n) is 8.35. The predicted octanol–water partition coefficient (Wildman–Crippen LogP) is 2.67. The van der Waals surface area contributed by atoms with Crippen molar-refractivity contribution in [1.29, 1.82) is 0 Å². The Bertz CT molecular complexity index is 585. The van der Waals surface area contributed by atoms with Gasteiger partial charge in [0.25, 0.3) is 10.2 Å². The van der Waals surface area contributed by atoms with Crippen LogP contribution in [0, 0.1) is 5.92 Å². The van der Waals surface area contributed by atoms with Gasteiger partial charge in [0.15, 0.2) is 0 Å². The van der Waals surface area contributed by atoms with Crippen molar-refractivity contribution in [3.05, 3.63) is 35.9 Å². The number of nitrogens with zero attached hydrogens (tertiary/aromatic N) is 2. The van der Waals surface area contributed by atoms with E-state index in [4.69, 9.17) is 4.74 Å². The number of ether oxygens (including phenoxy) is 1. The van der Waals surface area contributed by atoms with Crippen LogP contribution in [0.5, 0.6) is 0 Å². The molecule has 0 aliphatic carbocycles. The topological polar surface area (TPSA) is 49.9 Å². The Hall–Kier alpha value is -0.950. The number of hydrogen-bond acceptors (Lipinski definition) is 3. The number of benzene rings is 1. The standard InChI is InChI=1S/C17H28N2O3S/c1-5-18(6-2)23(20,21)19-12-16(14(3)4)22-17(13-19)15-10-8-7-9-11-15/h7-11,14,16-17H,5-6,12-13H2,1-4H3/t16-,17+/m1/s1. The summed E-state index contributed by atoms with van der Waals surface area (Å²) in [5.41, 5.74) is 1.03. The molecule has 0 aromatic heterocycles. The van der Waals surface area contributed by atoms with E-state index >= 15 is 0 Å². The minimum absolute atomic E-state index is 0.0979. The molecular weight excluding hydrogens is 312 g/mol. The van der Waals surface area contributed by atoms with Crippen molar-refractivity contribution in [2.45, 2.75) is 39.9 Å². The van der Waals surface area contributed by atoms with E-state index < -0.39 is 10.2 Å². The van der Waals surface area contributed by atoms with Crippen LogP contribution in [0.1, 0.15) is 39.4 Å². The summed E-state index contributed by atoms with van der Waals surface area (Å²) >= 11 is 0. The van der Waals surface area contributed by atoms with E-state index in [2.05, 4.69) is 13.8 Å². The van der Waals surface area contributed by atoms with Crippen LogP contribution in [-0.2, 0) is 14.9 Å². The minimum Gasteiger partial charge on any atom is -0.367 e. The summed E-state index contributed by atoms with van der Waals surface area (Å²) in [7, 11) is -3.44. The molecule has 0 bridgehead atoms. The highest BCUT2D eigenvalue weighted by molar-refractivity contribution is 7.86. The zero-order valence-corrected chi connectivity index (χ0v) is 15.3. The van der Waals surface area contributed by atoms with Gasteiger partial charge in [-0.15, -0.1) is 0 Å². The van der Waals surface area contributed by atoms with E-state index in [1.807, 2.05) is 44.2 Å². The molecular formula is C17H28N2O3S. The van der Waals surface area contributed by atoms with Crippen molar-refractivity contribution in [3.8, 4) is 0 Å². The van der Waals surface area contributed by atoms with E-state index in [-0.39, 0.29) is 18.1 Å². The van der Waals surface area contributed by atoms with Crippen LogP contribution in [0.2, 0.25) is 0 Å². The summed E-state index contributed by atoms with van der Waals surface area (Å²) in [5, 5.41) is 0. The molecule has 1 aromatic rings. The average molecular weight is 340 g/mol. The largest absolute Gasteiger partial charge is 0.367 e. The first-order chi connectivity index (χ1) is 10.9. The van der Waals surface area contributed by atoms with Crippen LogP contribution in [0.25, 0.3) is 0 Å². The molecule has 0 radical (unpaired) electrons. The van der Waals surface area contributed by atoms with Crippen LogP contribution >= 0.6 is 0 Å². The maximum absolute atomic E-state index is 12.9. The molecule has 1 heterocycles. The number of hydrogen-bond donors (Lipinski definition) is 0. The highest BCUT2D eigenvalue weighted by Crippen LogP contribution is 2.30. The minimum atomic E-state index is -3.44. The Labute approximate surface area is 140 Å². The van der Waals surface area contributed by atoms with Crippen molar-refractivity contribution < 1.29 is 13.2 Å². The fourth-order valence-corrected chi connectivity index (χ4v) is 4.52. The first kappa shape index (κ1) is 18.4. The molecule has 0 spiro atoms. The molecule has 1 fully saturated rings. The average Bonchev–Trinajstić information content (AvgIpc) is 2.56. The first-order valence-corrected chi connectivity index (χ1v) is 9.75. The van der Waals surface area contributed by atoms with Crippen LogP contribution in [0.15, 0.2) is 30.3 Å². The molecule has 0 N–H and O–H groups in total. The normalized spacial score (nSPS) is 23.6. The zero-order chi connectivity index (χ0) is 17.0. The van der Waals surface area contributed by atoms with Gasteiger partial charge >= 0.3 is 0 Å². The van der Waals surface area contributed by atoms with Gasteiger partial charge in [0.2, 0.25) is 0 Å². The molecule has 23 heavy (non-hydrogen) atoms. The van der Waals surface area contributed by atoms with E-state index in [0.717, 1.165) is 5.56 Å². The Kier molecular flexibility index (Phi) is 6.19. The number of rotatable bonds is 6. The molecule has 130 valence electrons. The van der Waals surface area contributed by atoms with Crippen molar-refractivity contribution in [2.75, 3.05) is 26.2 Å². The van der Waals surface area contributed by atoms with Gasteiger partial charge in [-0.25, -0.2) is 0 Å². The van der Waals surface area contributed by atoms with Crippen molar-refractivity contribution in [1.82, 2.24) is 8.61 Å². The van der Waals surface area contributed by atoms with Gasteiger partial charge in [-0.3, -0.25) is 0 Å². The van der Waals surface area contributed by atoms with Crippen LogP contribution in [0.4, 0.5) is 0 Å². The lowest BCUT2D eigenvalue weighted by molar-refractivity contribution is -0.0857. The van der Waals surface area contributed by atoms with Gasteiger partial charge in [-0.2, -0.15) is 17.0 Å². The third-order valence-electron chi connectivity index (χ3n) is 4.37. The highest BCUT2D eigenvalue weighted by Gasteiger charge is 2.38. The summed E-state index contributed by atoms with van der Waals surface area (Å²) in [6.45, 7) is 9.63. The fourth-order valence-electron chi connectivity index (χ4n) is 2.88. The van der Waals surface area contributed by atoms with Crippen molar-refractivity contribution in [3.63, 3.8) is 0 Å². The Morgan fingerprint density at radius 2 is 1.78 bits per heavy atom. The maximum Gasteiger partial charge on any atom is 0.282 e. The molecule has 6 heteroatoms. The second-order valence-electron chi connectivity index (χ2n) is 6.23. The molecule has 2 atom stereocenters. The van der Waals surface area contributed by atoms with Gasteiger partial charge in [-0.05, 0) is 11.5 Å². The molecule has 0 unspecified atom stereocenters. The second kappa shape index (κ2) is 7.75. The van der Waals surface area contributed by atoms with Crippen LogP contribution < -0.4 is 0 Å². The van der Waals surface area contributed by atoms with Gasteiger partial charge in [0.05, 0.1) is 12.2 Å². The third-order valence-corrected chi connectivity index (χ3v) is 6.48. The van der Waals surface area contributed by atoms with E-state index in [0.29, 0.717) is 26.2 Å². The molecule has 2 rings (SSSR count).